The number of carbonyl (C=O) groups excluding carboxylic acids is 1. The summed E-state index contributed by atoms with van der Waals surface area (Å²) in [6, 6.07) is 7.46. The molecule has 0 aromatic heterocycles. The molecule has 0 aliphatic heterocycles. The van der Waals surface area contributed by atoms with Crippen LogP contribution in [0.5, 0.6) is 5.75 Å². The highest BCUT2D eigenvalue weighted by atomic mass is 16.5. The lowest BCUT2D eigenvalue weighted by molar-refractivity contribution is -0.144. The van der Waals surface area contributed by atoms with Crippen LogP contribution >= 0.6 is 0 Å². The molecule has 0 amide bonds. The Bertz CT molecular complexity index is 547. The van der Waals surface area contributed by atoms with E-state index in [1.54, 1.807) is 7.11 Å². The Kier molecular flexibility index (Phi) is 6.33. The van der Waals surface area contributed by atoms with E-state index in [1.807, 2.05) is 31.2 Å². The first-order chi connectivity index (χ1) is 10.7. The molecule has 3 heteroatoms. The molecular weight excluding hydrogens is 276 g/mol. The number of rotatable bonds is 4. The van der Waals surface area contributed by atoms with Crippen LogP contribution in [0.25, 0.3) is 0 Å². The van der Waals surface area contributed by atoms with Gasteiger partial charge in [0.25, 0.3) is 0 Å². The zero-order valence-corrected chi connectivity index (χ0v) is 13.4. The first kappa shape index (κ1) is 16.4. The Labute approximate surface area is 133 Å². The first-order valence-corrected chi connectivity index (χ1v) is 8.01. The third kappa shape index (κ3) is 5.44. The van der Waals surface area contributed by atoms with Crippen LogP contribution in [0.3, 0.4) is 0 Å². The minimum Gasteiger partial charge on any atom is -0.497 e. The Morgan fingerprint density at radius 1 is 1.32 bits per heavy atom. The van der Waals surface area contributed by atoms with Gasteiger partial charge in [0.15, 0.2) is 6.10 Å². The first-order valence-electron chi connectivity index (χ1n) is 8.01. The van der Waals surface area contributed by atoms with Crippen LogP contribution in [0.2, 0.25) is 0 Å². The van der Waals surface area contributed by atoms with Crippen LogP contribution in [0.4, 0.5) is 0 Å². The molecular formula is C19H24O3. The third-order valence-electron chi connectivity index (χ3n) is 3.89. The van der Waals surface area contributed by atoms with Crippen molar-refractivity contribution >= 4 is 5.97 Å². The van der Waals surface area contributed by atoms with Crippen molar-refractivity contribution in [1.29, 1.82) is 0 Å². The summed E-state index contributed by atoms with van der Waals surface area (Å²) in [6.45, 7) is 1.83. The van der Waals surface area contributed by atoms with E-state index in [-0.39, 0.29) is 18.5 Å². The van der Waals surface area contributed by atoms with E-state index in [0.29, 0.717) is 5.92 Å². The highest BCUT2D eigenvalue weighted by Crippen LogP contribution is 2.22. The molecule has 0 saturated heterocycles. The lowest BCUT2D eigenvalue weighted by Gasteiger charge is -2.16. The summed E-state index contributed by atoms with van der Waals surface area (Å²) >= 11 is 0. The molecule has 1 unspecified atom stereocenters. The molecule has 1 aromatic carbocycles. The van der Waals surface area contributed by atoms with Gasteiger partial charge in [0.1, 0.15) is 5.75 Å². The number of ether oxygens (including phenoxy) is 2. The van der Waals surface area contributed by atoms with Gasteiger partial charge in [0.2, 0.25) is 0 Å². The van der Waals surface area contributed by atoms with E-state index in [9.17, 15) is 4.79 Å². The second kappa shape index (κ2) is 8.48. The largest absolute Gasteiger partial charge is 0.497 e. The molecule has 0 heterocycles. The van der Waals surface area contributed by atoms with Crippen molar-refractivity contribution in [2.24, 2.45) is 5.92 Å². The Morgan fingerprint density at radius 3 is 2.82 bits per heavy atom. The predicted octanol–water partition coefficient (Wildman–Crippen LogP) is 3.75. The molecule has 2 rings (SSSR count). The Morgan fingerprint density at radius 2 is 2.09 bits per heavy atom. The fraction of sp³-hybridized carbons (Fsp3) is 0.526. The summed E-state index contributed by atoms with van der Waals surface area (Å²) in [6.07, 6.45) is 6.11. The molecule has 1 aliphatic rings. The van der Waals surface area contributed by atoms with Crippen LogP contribution in [0.1, 0.15) is 44.6 Å². The number of benzene rings is 1. The van der Waals surface area contributed by atoms with Gasteiger partial charge in [-0.1, -0.05) is 43.2 Å². The molecule has 22 heavy (non-hydrogen) atoms. The average molecular weight is 300 g/mol. The second-order valence-electron chi connectivity index (χ2n) is 5.78. The summed E-state index contributed by atoms with van der Waals surface area (Å²) in [5.74, 6) is 7.31. The normalized spacial score (nSPS) is 16.3. The Hall–Kier alpha value is -1.95. The van der Waals surface area contributed by atoms with E-state index in [1.165, 1.54) is 32.1 Å². The van der Waals surface area contributed by atoms with Crippen LogP contribution < -0.4 is 4.74 Å². The molecule has 1 saturated carbocycles. The molecule has 1 aromatic rings. The van der Waals surface area contributed by atoms with E-state index in [0.717, 1.165) is 11.3 Å². The maximum Gasteiger partial charge on any atom is 0.311 e. The fourth-order valence-electron chi connectivity index (χ4n) is 2.70. The molecule has 1 fully saturated rings. The van der Waals surface area contributed by atoms with E-state index in [4.69, 9.17) is 9.47 Å². The van der Waals surface area contributed by atoms with E-state index >= 15 is 0 Å². The van der Waals surface area contributed by atoms with Gasteiger partial charge in [-0.05, 0) is 37.5 Å². The standard InChI is InChI=1S/C19H24O3/c1-15(11-12-16-7-4-3-5-8-16)22-19(20)14-17-9-6-10-18(13-17)21-2/h6,9-10,13,15-16H,3-5,7-8,14H2,1-2H3. The molecule has 118 valence electrons. The van der Waals surface area contributed by atoms with Gasteiger partial charge in [-0.2, -0.15) is 0 Å². The molecule has 0 spiro atoms. The highest BCUT2D eigenvalue weighted by molar-refractivity contribution is 5.73. The SMILES string of the molecule is COc1cccc(CC(=O)OC(C)C#CC2CCCCC2)c1. The number of carbonyl (C=O) groups is 1. The number of hydrogen-bond acceptors (Lipinski definition) is 3. The van der Waals surface area contributed by atoms with Gasteiger partial charge in [0.05, 0.1) is 13.5 Å². The average Bonchev–Trinajstić information content (AvgIpc) is 2.54. The summed E-state index contributed by atoms with van der Waals surface area (Å²) in [7, 11) is 1.61. The van der Waals surface area contributed by atoms with Crippen molar-refractivity contribution in [3.8, 4) is 17.6 Å². The van der Waals surface area contributed by atoms with E-state index < -0.39 is 0 Å². The van der Waals surface area contributed by atoms with Gasteiger partial charge >= 0.3 is 5.97 Å². The van der Waals surface area contributed by atoms with Crippen molar-refractivity contribution in [3.05, 3.63) is 29.8 Å². The minimum absolute atomic E-state index is 0.243. The fourth-order valence-corrected chi connectivity index (χ4v) is 2.70. The van der Waals surface area contributed by atoms with E-state index in [2.05, 4.69) is 11.8 Å². The zero-order chi connectivity index (χ0) is 15.8. The summed E-state index contributed by atoms with van der Waals surface area (Å²) in [5.41, 5.74) is 0.886. The van der Waals surface area contributed by atoms with Crippen molar-refractivity contribution in [2.75, 3.05) is 7.11 Å². The van der Waals surface area contributed by atoms with Gasteiger partial charge in [-0.15, -0.1) is 0 Å². The van der Waals surface area contributed by atoms with Crippen LogP contribution in [-0.2, 0) is 16.0 Å². The van der Waals surface area contributed by atoms with Gasteiger partial charge in [-0.25, -0.2) is 0 Å². The van der Waals surface area contributed by atoms with Crippen LogP contribution in [0.15, 0.2) is 24.3 Å². The van der Waals surface area contributed by atoms with Gasteiger partial charge < -0.3 is 9.47 Å². The van der Waals surface area contributed by atoms with Crippen molar-refractivity contribution in [1.82, 2.24) is 0 Å². The second-order valence-corrected chi connectivity index (χ2v) is 5.78. The predicted molar refractivity (Wildman–Crippen MR) is 86.6 cm³/mol. The quantitative estimate of drug-likeness (QED) is 0.627. The van der Waals surface area contributed by atoms with Gasteiger partial charge in [-0.3, -0.25) is 4.79 Å². The molecule has 0 N–H and O–H groups in total. The lowest BCUT2D eigenvalue weighted by Crippen LogP contribution is -2.15. The highest BCUT2D eigenvalue weighted by Gasteiger charge is 2.12. The molecule has 1 aliphatic carbocycles. The van der Waals surface area contributed by atoms with Crippen LogP contribution in [-0.4, -0.2) is 19.2 Å². The third-order valence-corrected chi connectivity index (χ3v) is 3.89. The van der Waals surface area contributed by atoms with Crippen molar-refractivity contribution < 1.29 is 14.3 Å². The molecule has 1 atom stereocenters. The summed E-state index contributed by atoms with van der Waals surface area (Å²) in [4.78, 5) is 11.9. The van der Waals surface area contributed by atoms with Crippen LogP contribution in [0, 0.1) is 17.8 Å². The smallest absolute Gasteiger partial charge is 0.311 e. The number of hydrogen-bond donors (Lipinski definition) is 0. The van der Waals surface area contributed by atoms with Gasteiger partial charge in [0, 0.05) is 5.92 Å². The molecule has 0 bridgehead atoms. The van der Waals surface area contributed by atoms with Crippen molar-refractivity contribution in [2.45, 2.75) is 51.6 Å². The molecule has 3 nitrogen and oxygen atoms in total. The minimum atomic E-state index is -0.347. The molecule has 0 radical (unpaired) electrons. The Balaban J connectivity index is 1.81. The summed E-state index contributed by atoms with van der Waals surface area (Å²) in [5, 5.41) is 0. The monoisotopic (exact) mass is 300 g/mol. The topological polar surface area (TPSA) is 35.5 Å². The maximum atomic E-state index is 11.9. The number of esters is 1. The van der Waals surface area contributed by atoms with Crippen molar-refractivity contribution in [3.63, 3.8) is 0 Å². The zero-order valence-electron chi connectivity index (χ0n) is 13.4. The number of methoxy groups -OCH3 is 1. The maximum absolute atomic E-state index is 11.9. The lowest BCUT2D eigenvalue weighted by atomic mass is 9.90. The summed E-state index contributed by atoms with van der Waals surface area (Å²) < 4.78 is 10.5.